The molecule has 0 unspecified atom stereocenters. The summed E-state index contributed by atoms with van der Waals surface area (Å²) in [6.45, 7) is 12.9. The molecule has 0 spiro atoms. The van der Waals surface area contributed by atoms with Crippen LogP contribution in [0.5, 0.6) is 0 Å². The molecule has 1 aromatic heterocycles. The predicted octanol–water partition coefficient (Wildman–Crippen LogP) is 6.59. The van der Waals surface area contributed by atoms with Crippen LogP contribution in [0.1, 0.15) is 71.1 Å². The van der Waals surface area contributed by atoms with Gasteiger partial charge in [0.1, 0.15) is 17.6 Å². The predicted molar refractivity (Wildman–Crippen MR) is 190 cm³/mol. The molecule has 9 heteroatoms. The molecule has 0 fully saturated rings. The maximum absolute atomic E-state index is 9.57. The fraction of sp³-hybridized carbons (Fsp3) is 0.189. The minimum Gasteiger partial charge on any atom is -0.399 e. The lowest BCUT2D eigenvalue weighted by atomic mass is 10.0. The van der Waals surface area contributed by atoms with E-state index in [1.54, 1.807) is 12.1 Å². The number of aryl methyl sites for hydroxylation is 2. The van der Waals surface area contributed by atoms with E-state index in [-0.39, 0.29) is 17.6 Å². The lowest BCUT2D eigenvalue weighted by Crippen LogP contribution is -2.20. The summed E-state index contributed by atoms with van der Waals surface area (Å²) in [6, 6.07) is 23.7. The van der Waals surface area contributed by atoms with Gasteiger partial charge in [0.25, 0.3) is 0 Å². The van der Waals surface area contributed by atoms with Gasteiger partial charge in [0, 0.05) is 23.8 Å². The van der Waals surface area contributed by atoms with Gasteiger partial charge in [-0.05, 0) is 72.7 Å². The van der Waals surface area contributed by atoms with Gasteiger partial charge in [-0.3, -0.25) is 0 Å². The molecule has 1 atom stereocenters. The number of aliphatic imine (C=N–C) groups is 1. The fourth-order valence-electron chi connectivity index (χ4n) is 4.71. The molecule has 234 valence electrons. The molecular formula is C37H41N9. The van der Waals surface area contributed by atoms with E-state index in [4.69, 9.17) is 17.2 Å². The number of benzene rings is 3. The summed E-state index contributed by atoms with van der Waals surface area (Å²) in [5, 5.41) is 16.6. The molecule has 0 aliphatic heterocycles. The minimum absolute atomic E-state index is 0.0124. The Morgan fingerprint density at radius 2 is 1.80 bits per heavy atom. The number of hydrogen-bond donors (Lipinski definition) is 5. The summed E-state index contributed by atoms with van der Waals surface area (Å²) in [6.07, 6.45) is 5.84. The van der Waals surface area contributed by atoms with E-state index in [9.17, 15) is 5.26 Å². The highest BCUT2D eigenvalue weighted by atomic mass is 15.0. The molecule has 4 rings (SSSR count). The van der Waals surface area contributed by atoms with E-state index in [0.717, 1.165) is 34.4 Å². The highest BCUT2D eigenvalue weighted by molar-refractivity contribution is 6.21. The number of nitriles is 1. The van der Waals surface area contributed by atoms with Gasteiger partial charge in [-0.15, -0.1) is 0 Å². The highest BCUT2D eigenvalue weighted by Crippen LogP contribution is 2.25. The third-order valence-electron chi connectivity index (χ3n) is 7.59. The average Bonchev–Trinajstić information content (AvgIpc) is 3.06. The molecule has 0 aliphatic carbocycles. The molecule has 9 nitrogen and oxygen atoms in total. The van der Waals surface area contributed by atoms with Crippen LogP contribution in [-0.2, 0) is 6.54 Å². The average molecular weight is 612 g/mol. The number of nitrogen functional groups attached to an aromatic ring is 1. The van der Waals surface area contributed by atoms with Crippen LogP contribution in [-0.4, -0.2) is 15.8 Å². The van der Waals surface area contributed by atoms with Crippen molar-refractivity contribution in [3.8, 4) is 6.07 Å². The minimum atomic E-state index is 0.0124. The number of nitrogens with two attached hydrogens (primary N) is 3. The molecule has 0 saturated carbocycles. The third kappa shape index (κ3) is 8.39. The molecular weight excluding hydrogens is 570 g/mol. The maximum Gasteiger partial charge on any atom is 0.159 e. The van der Waals surface area contributed by atoms with Crippen LogP contribution >= 0.6 is 0 Å². The first-order valence-corrected chi connectivity index (χ1v) is 15.1. The standard InChI is InChI=1S/C37H41N9/c1-6-8-34(45-26(5)30-14-11-23(2)24(3)17-30)35-37(44-21-32(19-38)46-35)43-20-27-12-15-28(16-13-27)33(40)22-42-36(41)25(4)29-9-7-10-31(39)18-29/h7-18,21-22,26,45H,4,6,20,39-40H2,1-3,5H3,(H2,41,42)(H,43,44)/b33-22-,34-8?/t26-/m0/s1. The Morgan fingerprint density at radius 3 is 2.48 bits per heavy atom. The van der Waals surface area contributed by atoms with Crippen molar-refractivity contribution in [2.45, 2.75) is 46.7 Å². The Labute approximate surface area is 271 Å². The van der Waals surface area contributed by atoms with Crippen molar-refractivity contribution in [1.29, 1.82) is 5.26 Å². The quantitative estimate of drug-likeness (QED) is 0.0680. The van der Waals surface area contributed by atoms with Crippen molar-refractivity contribution < 1.29 is 0 Å². The summed E-state index contributed by atoms with van der Waals surface area (Å²) in [5.74, 6) is 0.829. The normalized spacial score (nSPS) is 12.7. The van der Waals surface area contributed by atoms with Crippen molar-refractivity contribution in [3.05, 3.63) is 137 Å². The molecule has 0 amide bonds. The second kappa shape index (κ2) is 15.2. The number of allylic oxidation sites excluding steroid dienone is 1. The Bertz CT molecular complexity index is 1840. The first-order valence-electron chi connectivity index (χ1n) is 15.1. The molecule has 3 aromatic carbocycles. The zero-order chi connectivity index (χ0) is 33.2. The molecule has 4 aromatic rings. The molecule has 0 bridgehead atoms. The first kappa shape index (κ1) is 33.0. The van der Waals surface area contributed by atoms with Crippen LogP contribution in [0.3, 0.4) is 0 Å². The Hall–Kier alpha value is -5.88. The third-order valence-corrected chi connectivity index (χ3v) is 7.59. The van der Waals surface area contributed by atoms with E-state index in [1.807, 2.05) is 36.4 Å². The van der Waals surface area contributed by atoms with Gasteiger partial charge >= 0.3 is 0 Å². The van der Waals surface area contributed by atoms with Crippen molar-refractivity contribution >= 4 is 34.3 Å². The van der Waals surface area contributed by atoms with Crippen LogP contribution in [0.4, 0.5) is 11.5 Å². The number of rotatable bonds is 12. The van der Waals surface area contributed by atoms with Crippen molar-refractivity contribution in [2.75, 3.05) is 11.1 Å². The summed E-state index contributed by atoms with van der Waals surface area (Å²) in [5.41, 5.74) is 27.9. The zero-order valence-corrected chi connectivity index (χ0v) is 26.8. The van der Waals surface area contributed by atoms with Gasteiger partial charge in [0.15, 0.2) is 11.5 Å². The summed E-state index contributed by atoms with van der Waals surface area (Å²) < 4.78 is 0. The Kier molecular flexibility index (Phi) is 10.9. The van der Waals surface area contributed by atoms with Gasteiger partial charge in [-0.25, -0.2) is 15.0 Å². The fourth-order valence-corrected chi connectivity index (χ4v) is 4.71. The summed E-state index contributed by atoms with van der Waals surface area (Å²) in [7, 11) is 0. The second-order valence-corrected chi connectivity index (χ2v) is 11.1. The zero-order valence-electron chi connectivity index (χ0n) is 26.8. The molecule has 1 heterocycles. The van der Waals surface area contributed by atoms with E-state index < -0.39 is 0 Å². The SMILES string of the molecule is C=C(C(N)=N/C=C(\N)c1ccc(CNc2ncc(C#N)nc2C(=CCC)N[C@@H](C)c2ccc(C)c(C)c2)cc1)c1cccc(N)c1. The smallest absolute Gasteiger partial charge is 0.159 e. The molecule has 0 radical (unpaired) electrons. The van der Waals surface area contributed by atoms with Gasteiger partial charge < -0.3 is 27.8 Å². The van der Waals surface area contributed by atoms with Crippen molar-refractivity contribution in [2.24, 2.45) is 16.5 Å². The van der Waals surface area contributed by atoms with Crippen molar-refractivity contribution in [1.82, 2.24) is 15.3 Å². The van der Waals surface area contributed by atoms with Crippen LogP contribution in [0.2, 0.25) is 0 Å². The lowest BCUT2D eigenvalue weighted by molar-refractivity contribution is 0.695. The summed E-state index contributed by atoms with van der Waals surface area (Å²) >= 11 is 0. The Balaban J connectivity index is 1.48. The largest absolute Gasteiger partial charge is 0.399 e. The van der Waals surface area contributed by atoms with E-state index in [1.165, 1.54) is 23.5 Å². The van der Waals surface area contributed by atoms with E-state index >= 15 is 0 Å². The number of amidine groups is 1. The van der Waals surface area contributed by atoms with Crippen molar-refractivity contribution in [3.63, 3.8) is 0 Å². The lowest BCUT2D eigenvalue weighted by Gasteiger charge is -2.21. The molecule has 46 heavy (non-hydrogen) atoms. The van der Waals surface area contributed by atoms with Crippen LogP contribution in [0.25, 0.3) is 17.0 Å². The first-order chi connectivity index (χ1) is 22.1. The molecule has 0 saturated heterocycles. The molecule has 8 N–H and O–H groups in total. The number of anilines is 2. The number of nitrogens with zero attached hydrogens (tertiary/aromatic N) is 4. The van der Waals surface area contributed by atoms with Gasteiger partial charge in [0.05, 0.1) is 23.8 Å². The van der Waals surface area contributed by atoms with Gasteiger partial charge in [-0.1, -0.05) is 74.2 Å². The second-order valence-electron chi connectivity index (χ2n) is 11.1. The number of hydrogen-bond acceptors (Lipinski definition) is 8. The Morgan fingerprint density at radius 1 is 1.04 bits per heavy atom. The highest BCUT2D eigenvalue weighted by Gasteiger charge is 2.16. The van der Waals surface area contributed by atoms with E-state index in [2.05, 4.69) is 90.2 Å². The number of nitrogens with one attached hydrogen (secondary N) is 2. The van der Waals surface area contributed by atoms with Crippen LogP contribution in [0.15, 0.2) is 96.8 Å². The number of aromatic nitrogens is 2. The maximum atomic E-state index is 9.57. The van der Waals surface area contributed by atoms with Crippen LogP contribution in [0, 0.1) is 25.2 Å². The monoisotopic (exact) mass is 611 g/mol. The molecule has 0 aliphatic rings. The topological polar surface area (TPSA) is 164 Å². The summed E-state index contributed by atoms with van der Waals surface area (Å²) in [4.78, 5) is 13.5. The van der Waals surface area contributed by atoms with Gasteiger partial charge in [-0.2, -0.15) is 5.26 Å². The van der Waals surface area contributed by atoms with E-state index in [0.29, 0.717) is 35.0 Å². The van der Waals surface area contributed by atoms with Gasteiger partial charge in [0.2, 0.25) is 0 Å². The van der Waals surface area contributed by atoms with Crippen LogP contribution < -0.4 is 27.8 Å².